The van der Waals surface area contributed by atoms with Crippen molar-refractivity contribution in [2.75, 3.05) is 26.0 Å². The summed E-state index contributed by atoms with van der Waals surface area (Å²) in [4.78, 5) is 6.50. The van der Waals surface area contributed by atoms with Crippen LogP contribution >= 0.6 is 11.6 Å². The summed E-state index contributed by atoms with van der Waals surface area (Å²) in [5.41, 5.74) is 2.03. The average Bonchev–Trinajstić information content (AvgIpc) is 2.62. The van der Waals surface area contributed by atoms with E-state index >= 15 is 0 Å². The van der Waals surface area contributed by atoms with Crippen LogP contribution in [-0.4, -0.2) is 51.9 Å². The first kappa shape index (κ1) is 21.0. The first-order valence-corrected chi connectivity index (χ1v) is 10.2. The van der Waals surface area contributed by atoms with Gasteiger partial charge >= 0.3 is 0 Å². The predicted octanol–water partition coefficient (Wildman–Crippen LogP) is 3.95. The van der Waals surface area contributed by atoms with E-state index in [-0.39, 0.29) is 0 Å². The first-order chi connectivity index (χ1) is 13.2. The van der Waals surface area contributed by atoms with E-state index in [1.807, 2.05) is 12.1 Å². The van der Waals surface area contributed by atoms with E-state index in [9.17, 15) is 5.11 Å². The number of rotatable bonds is 6. The molecule has 0 spiro atoms. The lowest BCUT2D eigenvalue weighted by molar-refractivity contribution is 0.0729. The van der Waals surface area contributed by atoms with Gasteiger partial charge in [-0.15, -0.1) is 0 Å². The summed E-state index contributed by atoms with van der Waals surface area (Å²) in [6, 6.07) is 5.94. The lowest BCUT2D eigenvalue weighted by Gasteiger charge is -2.31. The van der Waals surface area contributed by atoms with Crippen LogP contribution in [0.1, 0.15) is 45.2 Å². The molecule has 0 atom stereocenters. The molecule has 0 amide bonds. The molecule has 28 heavy (non-hydrogen) atoms. The summed E-state index contributed by atoms with van der Waals surface area (Å²) >= 11 is 6.16. The minimum absolute atomic E-state index is 0.416. The van der Waals surface area contributed by atoms with Crippen LogP contribution in [0.15, 0.2) is 24.4 Å². The highest BCUT2D eigenvalue weighted by molar-refractivity contribution is 6.29. The van der Waals surface area contributed by atoms with Gasteiger partial charge in [-0.05, 0) is 77.7 Å². The molecule has 2 aromatic rings. The van der Waals surface area contributed by atoms with Crippen molar-refractivity contribution in [3.8, 4) is 11.3 Å². The van der Waals surface area contributed by atoms with Gasteiger partial charge < -0.3 is 15.3 Å². The minimum atomic E-state index is -1.02. The highest BCUT2D eigenvalue weighted by Gasteiger charge is 2.23. The summed E-state index contributed by atoms with van der Waals surface area (Å²) in [5.74, 6) is 0.772. The van der Waals surface area contributed by atoms with Gasteiger partial charge in [-0.1, -0.05) is 11.6 Å². The Morgan fingerprint density at radius 2 is 1.89 bits per heavy atom. The molecule has 6 nitrogen and oxygen atoms in total. The van der Waals surface area contributed by atoms with Crippen LogP contribution < -0.4 is 5.32 Å². The normalized spacial score (nSPS) is 20.4. The molecular weight excluding hydrogens is 374 g/mol. The van der Waals surface area contributed by atoms with Crippen LogP contribution in [0.2, 0.25) is 5.15 Å². The lowest BCUT2D eigenvalue weighted by Crippen LogP contribution is -2.31. The molecule has 0 unspecified atom stereocenters. The fourth-order valence-electron chi connectivity index (χ4n) is 3.78. The number of nitrogens with one attached hydrogen (secondary N) is 1. The second-order valence-electron chi connectivity index (χ2n) is 8.54. The molecule has 152 valence electrons. The van der Waals surface area contributed by atoms with E-state index < -0.39 is 5.60 Å². The Morgan fingerprint density at radius 3 is 2.46 bits per heavy atom. The van der Waals surface area contributed by atoms with Gasteiger partial charge in [0.25, 0.3) is 0 Å². The van der Waals surface area contributed by atoms with Crippen LogP contribution in [0.5, 0.6) is 0 Å². The van der Waals surface area contributed by atoms with Gasteiger partial charge in [0.1, 0.15) is 10.8 Å². The molecule has 3 rings (SSSR count). The molecule has 7 heteroatoms. The Labute approximate surface area is 172 Å². The van der Waals surface area contributed by atoms with E-state index in [0.717, 1.165) is 36.6 Å². The third-order valence-electron chi connectivity index (χ3n) is 5.27. The number of hydrogen-bond donors (Lipinski definition) is 2. The van der Waals surface area contributed by atoms with Crippen LogP contribution in [0.25, 0.3) is 11.3 Å². The Kier molecular flexibility index (Phi) is 6.53. The summed E-state index contributed by atoms with van der Waals surface area (Å²) < 4.78 is 0. The van der Waals surface area contributed by atoms with Gasteiger partial charge in [0.2, 0.25) is 0 Å². The molecule has 0 aromatic carbocycles. The summed E-state index contributed by atoms with van der Waals surface area (Å²) in [7, 11) is 4.28. The third-order valence-corrected chi connectivity index (χ3v) is 5.47. The Morgan fingerprint density at radius 1 is 1.18 bits per heavy atom. The second kappa shape index (κ2) is 8.72. The van der Waals surface area contributed by atoms with Crippen LogP contribution in [0, 0.1) is 5.92 Å². The maximum absolute atomic E-state index is 10.1. The van der Waals surface area contributed by atoms with Gasteiger partial charge in [-0.3, -0.25) is 0 Å². The number of anilines is 1. The Bertz CT molecular complexity index is 780. The Balaban J connectivity index is 1.75. The standard InChI is InChI=1S/C21H30ClN5O/c1-21(2,28)19-10-9-17(25-26-19)16-12-23-20(22)11-18(16)24-15-7-5-14(6-8-15)13-27(3)4/h9-12,14-15,28H,5-8,13H2,1-4H3,(H,23,24). The quantitative estimate of drug-likeness (QED) is 0.711. The fourth-order valence-corrected chi connectivity index (χ4v) is 3.94. The monoisotopic (exact) mass is 403 g/mol. The third kappa shape index (κ3) is 5.40. The van der Waals surface area contributed by atoms with Crippen molar-refractivity contribution in [1.29, 1.82) is 0 Å². The maximum atomic E-state index is 10.1. The second-order valence-corrected chi connectivity index (χ2v) is 8.93. The zero-order valence-corrected chi connectivity index (χ0v) is 17.9. The van der Waals surface area contributed by atoms with Crippen molar-refractivity contribution in [1.82, 2.24) is 20.1 Å². The minimum Gasteiger partial charge on any atom is -0.384 e. The zero-order chi connectivity index (χ0) is 20.3. The highest BCUT2D eigenvalue weighted by Crippen LogP contribution is 2.32. The first-order valence-electron chi connectivity index (χ1n) is 9.86. The van der Waals surface area contributed by atoms with E-state index in [4.69, 9.17) is 11.6 Å². The molecule has 1 aliphatic rings. The highest BCUT2D eigenvalue weighted by atomic mass is 35.5. The van der Waals surface area contributed by atoms with E-state index in [2.05, 4.69) is 39.5 Å². The van der Waals surface area contributed by atoms with Crippen molar-refractivity contribution in [3.63, 3.8) is 0 Å². The lowest BCUT2D eigenvalue weighted by atomic mass is 9.85. The number of pyridine rings is 1. The molecule has 0 saturated heterocycles. The molecule has 0 bridgehead atoms. The van der Waals surface area contributed by atoms with Crippen molar-refractivity contribution in [3.05, 3.63) is 35.2 Å². The van der Waals surface area contributed by atoms with Gasteiger partial charge in [0.15, 0.2) is 0 Å². The van der Waals surface area contributed by atoms with Crippen molar-refractivity contribution < 1.29 is 5.11 Å². The molecule has 0 aliphatic heterocycles. The molecule has 1 saturated carbocycles. The SMILES string of the molecule is CN(C)CC1CCC(Nc2cc(Cl)ncc2-c2ccc(C(C)(C)O)nn2)CC1. The number of hydrogen-bond acceptors (Lipinski definition) is 6. The van der Waals surface area contributed by atoms with E-state index in [1.165, 1.54) is 12.8 Å². The van der Waals surface area contributed by atoms with Gasteiger partial charge in [-0.2, -0.15) is 10.2 Å². The Hall–Kier alpha value is -1.76. The molecular formula is C21H30ClN5O. The summed E-state index contributed by atoms with van der Waals surface area (Å²) in [6.45, 7) is 4.54. The summed E-state index contributed by atoms with van der Waals surface area (Å²) in [6.07, 6.45) is 6.46. The van der Waals surface area contributed by atoms with Gasteiger partial charge in [-0.25, -0.2) is 4.98 Å². The van der Waals surface area contributed by atoms with Crippen LogP contribution in [0.4, 0.5) is 5.69 Å². The molecule has 1 aliphatic carbocycles. The topological polar surface area (TPSA) is 74.2 Å². The molecule has 2 heterocycles. The molecule has 2 N–H and O–H groups in total. The molecule has 2 aromatic heterocycles. The van der Waals surface area contributed by atoms with Crippen LogP contribution in [0.3, 0.4) is 0 Å². The van der Waals surface area contributed by atoms with Crippen molar-refractivity contribution in [2.24, 2.45) is 5.92 Å². The summed E-state index contributed by atoms with van der Waals surface area (Å²) in [5, 5.41) is 22.7. The predicted molar refractivity (Wildman–Crippen MR) is 113 cm³/mol. The zero-order valence-electron chi connectivity index (χ0n) is 17.1. The van der Waals surface area contributed by atoms with Gasteiger partial charge in [0, 0.05) is 30.0 Å². The largest absolute Gasteiger partial charge is 0.384 e. The maximum Gasteiger partial charge on any atom is 0.131 e. The van der Waals surface area contributed by atoms with E-state index in [1.54, 1.807) is 26.1 Å². The smallest absolute Gasteiger partial charge is 0.131 e. The number of halogens is 1. The van der Waals surface area contributed by atoms with E-state index in [0.29, 0.717) is 22.6 Å². The van der Waals surface area contributed by atoms with Crippen molar-refractivity contribution in [2.45, 2.75) is 51.2 Å². The fraction of sp³-hybridized carbons (Fsp3) is 0.571. The number of nitrogens with zero attached hydrogens (tertiary/aromatic N) is 4. The molecule has 1 fully saturated rings. The molecule has 0 radical (unpaired) electrons. The number of aromatic nitrogens is 3. The van der Waals surface area contributed by atoms with Crippen LogP contribution in [-0.2, 0) is 5.60 Å². The number of aliphatic hydroxyl groups is 1. The average molecular weight is 404 g/mol. The van der Waals surface area contributed by atoms with Crippen molar-refractivity contribution >= 4 is 17.3 Å². The van der Waals surface area contributed by atoms with Gasteiger partial charge in [0.05, 0.1) is 11.4 Å².